The molecule has 0 bridgehead atoms. The van der Waals surface area contributed by atoms with Crippen molar-refractivity contribution in [1.82, 2.24) is 14.7 Å². The molecule has 1 fully saturated rings. The van der Waals surface area contributed by atoms with E-state index in [9.17, 15) is 9.18 Å². The minimum atomic E-state index is -0.312. The second kappa shape index (κ2) is 7.56. The molecular weight excluding hydrogens is 357 g/mol. The van der Waals surface area contributed by atoms with Gasteiger partial charge in [-0.3, -0.25) is 4.79 Å². The van der Waals surface area contributed by atoms with Crippen LogP contribution in [0.2, 0.25) is 0 Å². The van der Waals surface area contributed by atoms with Crippen LogP contribution in [0.3, 0.4) is 0 Å². The second-order valence-electron chi connectivity index (χ2n) is 7.11. The molecule has 0 radical (unpaired) electrons. The number of carbonyl (C=O) groups is 1. The van der Waals surface area contributed by atoms with Crippen LogP contribution < -0.4 is 0 Å². The first kappa shape index (κ1) is 18.4. The van der Waals surface area contributed by atoms with Gasteiger partial charge in [0.2, 0.25) is 0 Å². The van der Waals surface area contributed by atoms with Crippen molar-refractivity contribution < 1.29 is 13.9 Å². The van der Waals surface area contributed by atoms with Gasteiger partial charge < -0.3 is 9.64 Å². The number of aryl methyl sites for hydroxylation is 1. The Morgan fingerprint density at radius 2 is 1.86 bits per heavy atom. The minimum Gasteiger partial charge on any atom is -0.375 e. The molecule has 0 spiro atoms. The topological polar surface area (TPSA) is 47.4 Å². The highest BCUT2D eigenvalue weighted by atomic mass is 19.1. The minimum absolute atomic E-state index is 0.00710. The summed E-state index contributed by atoms with van der Waals surface area (Å²) in [6.07, 6.45) is 1.73. The fourth-order valence-corrected chi connectivity index (χ4v) is 3.35. The number of benzene rings is 2. The van der Waals surface area contributed by atoms with Crippen molar-refractivity contribution >= 4 is 5.91 Å². The maximum absolute atomic E-state index is 13.3. The van der Waals surface area contributed by atoms with Crippen molar-refractivity contribution in [2.75, 3.05) is 19.7 Å². The summed E-state index contributed by atoms with van der Waals surface area (Å²) in [5.41, 5.74) is 3.85. The van der Waals surface area contributed by atoms with Gasteiger partial charge in [0.1, 0.15) is 11.5 Å². The first-order valence-corrected chi connectivity index (χ1v) is 9.35. The van der Waals surface area contributed by atoms with Gasteiger partial charge in [0.25, 0.3) is 5.91 Å². The van der Waals surface area contributed by atoms with Crippen molar-refractivity contribution in [2.24, 2.45) is 0 Å². The third kappa shape index (κ3) is 3.68. The van der Waals surface area contributed by atoms with Gasteiger partial charge in [0.15, 0.2) is 0 Å². The van der Waals surface area contributed by atoms with E-state index in [4.69, 9.17) is 4.74 Å². The normalized spacial score (nSPS) is 17.0. The van der Waals surface area contributed by atoms with Crippen molar-refractivity contribution in [2.45, 2.75) is 20.0 Å². The predicted molar refractivity (Wildman–Crippen MR) is 105 cm³/mol. The predicted octanol–water partition coefficient (Wildman–Crippen LogP) is 3.85. The van der Waals surface area contributed by atoms with E-state index in [1.807, 2.05) is 38.1 Å². The van der Waals surface area contributed by atoms with Crippen LogP contribution in [-0.4, -0.2) is 46.4 Å². The average molecular weight is 379 g/mol. The maximum Gasteiger partial charge on any atom is 0.257 e. The van der Waals surface area contributed by atoms with E-state index in [2.05, 4.69) is 5.10 Å². The highest BCUT2D eigenvalue weighted by Gasteiger charge is 2.27. The van der Waals surface area contributed by atoms with Gasteiger partial charge in [-0.25, -0.2) is 9.07 Å². The third-order valence-corrected chi connectivity index (χ3v) is 4.89. The number of morpholine rings is 1. The Morgan fingerprint density at radius 1 is 1.14 bits per heavy atom. The fourth-order valence-electron chi connectivity index (χ4n) is 3.35. The summed E-state index contributed by atoms with van der Waals surface area (Å²) in [6.45, 7) is 5.61. The van der Waals surface area contributed by atoms with Crippen molar-refractivity contribution in [1.29, 1.82) is 0 Å². The van der Waals surface area contributed by atoms with E-state index in [1.54, 1.807) is 27.9 Å². The van der Waals surface area contributed by atoms with Gasteiger partial charge in [-0.15, -0.1) is 0 Å². The summed E-state index contributed by atoms with van der Waals surface area (Å²) < 4.78 is 20.5. The molecule has 0 N–H and O–H groups in total. The van der Waals surface area contributed by atoms with Crippen LogP contribution in [0.4, 0.5) is 4.39 Å². The fraction of sp³-hybridized carbons (Fsp3) is 0.273. The van der Waals surface area contributed by atoms with E-state index in [-0.39, 0.29) is 17.8 Å². The number of hydrogen-bond donors (Lipinski definition) is 0. The molecule has 1 aliphatic rings. The smallest absolute Gasteiger partial charge is 0.257 e. The molecule has 1 aromatic heterocycles. The number of aromatic nitrogens is 2. The number of hydrogen-bond acceptors (Lipinski definition) is 3. The van der Waals surface area contributed by atoms with Gasteiger partial charge in [0.05, 0.1) is 24.0 Å². The molecule has 0 saturated carbocycles. The monoisotopic (exact) mass is 379 g/mol. The van der Waals surface area contributed by atoms with Crippen molar-refractivity contribution in [3.63, 3.8) is 0 Å². The summed E-state index contributed by atoms with van der Waals surface area (Å²) in [7, 11) is 0. The summed E-state index contributed by atoms with van der Waals surface area (Å²) >= 11 is 0. The number of nitrogens with zero attached hydrogens (tertiary/aromatic N) is 3. The van der Waals surface area contributed by atoms with Crippen molar-refractivity contribution in [3.05, 3.63) is 71.7 Å². The van der Waals surface area contributed by atoms with E-state index >= 15 is 0 Å². The first-order chi connectivity index (χ1) is 13.5. The van der Waals surface area contributed by atoms with E-state index in [0.717, 1.165) is 11.1 Å². The maximum atomic E-state index is 13.3. The quantitative estimate of drug-likeness (QED) is 0.695. The van der Waals surface area contributed by atoms with Crippen LogP contribution in [0.5, 0.6) is 0 Å². The molecule has 5 nitrogen and oxygen atoms in total. The molecule has 1 aliphatic heterocycles. The molecule has 3 aromatic rings. The second-order valence-corrected chi connectivity index (χ2v) is 7.11. The molecule has 1 amide bonds. The molecule has 144 valence electrons. The van der Waals surface area contributed by atoms with Gasteiger partial charge in [-0.05, 0) is 38.1 Å². The molecule has 2 aromatic carbocycles. The van der Waals surface area contributed by atoms with E-state index in [1.165, 1.54) is 12.1 Å². The Hall–Kier alpha value is -2.99. The molecule has 0 aliphatic carbocycles. The summed E-state index contributed by atoms with van der Waals surface area (Å²) in [6, 6.07) is 14.0. The Bertz CT molecular complexity index is 980. The van der Waals surface area contributed by atoms with Crippen molar-refractivity contribution in [3.8, 4) is 16.9 Å². The number of amides is 1. The zero-order chi connectivity index (χ0) is 19.7. The summed E-state index contributed by atoms with van der Waals surface area (Å²) in [5, 5.41) is 4.66. The third-order valence-electron chi connectivity index (χ3n) is 4.89. The largest absolute Gasteiger partial charge is 0.375 e. The number of rotatable bonds is 3. The van der Waals surface area contributed by atoms with E-state index in [0.29, 0.717) is 36.6 Å². The summed E-state index contributed by atoms with van der Waals surface area (Å²) in [4.78, 5) is 15.1. The molecule has 6 heteroatoms. The van der Waals surface area contributed by atoms with Crippen LogP contribution in [0.25, 0.3) is 16.9 Å². The lowest BCUT2D eigenvalue weighted by molar-refractivity contribution is -0.0123. The van der Waals surface area contributed by atoms with E-state index < -0.39 is 0 Å². The SMILES string of the molecule is Cc1ccc(-c2nn(-c3ccc(F)cc3)cc2C(=O)N2CCO[C@H](C)C2)cc1. The Balaban J connectivity index is 1.77. The van der Waals surface area contributed by atoms with Crippen LogP contribution >= 0.6 is 0 Å². The zero-order valence-corrected chi connectivity index (χ0v) is 15.9. The lowest BCUT2D eigenvalue weighted by Gasteiger charge is -2.31. The van der Waals surface area contributed by atoms with Gasteiger partial charge in [-0.1, -0.05) is 29.8 Å². The molecule has 0 unspecified atom stereocenters. The Morgan fingerprint density at radius 3 is 2.54 bits per heavy atom. The van der Waals surface area contributed by atoms with Crippen LogP contribution in [-0.2, 0) is 4.74 Å². The number of halogens is 1. The van der Waals surface area contributed by atoms with Gasteiger partial charge >= 0.3 is 0 Å². The molecule has 2 heterocycles. The molecular formula is C22H22FN3O2. The first-order valence-electron chi connectivity index (χ1n) is 9.35. The molecule has 4 rings (SSSR count). The zero-order valence-electron chi connectivity index (χ0n) is 15.9. The molecule has 1 saturated heterocycles. The molecule has 1 atom stereocenters. The molecule has 28 heavy (non-hydrogen) atoms. The Labute approximate surface area is 163 Å². The number of carbonyl (C=O) groups excluding carboxylic acids is 1. The highest BCUT2D eigenvalue weighted by Crippen LogP contribution is 2.26. The Kier molecular flexibility index (Phi) is 4.96. The van der Waals surface area contributed by atoms with Crippen LogP contribution in [0.15, 0.2) is 54.7 Å². The standard InChI is InChI=1S/C22H22FN3O2/c1-15-3-5-17(6-4-15)21-20(22(27)25-11-12-28-16(2)13-25)14-26(24-21)19-9-7-18(23)8-10-19/h3-10,14,16H,11-13H2,1-2H3/t16-/m1/s1. The highest BCUT2D eigenvalue weighted by molar-refractivity contribution is 6.00. The lowest BCUT2D eigenvalue weighted by Crippen LogP contribution is -2.44. The van der Waals surface area contributed by atoms with Gasteiger partial charge in [-0.2, -0.15) is 5.10 Å². The van der Waals surface area contributed by atoms with Gasteiger partial charge in [0, 0.05) is 24.8 Å². The van der Waals surface area contributed by atoms with Crippen LogP contribution in [0, 0.1) is 12.7 Å². The number of ether oxygens (including phenoxy) is 1. The summed E-state index contributed by atoms with van der Waals surface area (Å²) in [5.74, 6) is -0.382. The average Bonchev–Trinajstić information content (AvgIpc) is 3.14. The van der Waals surface area contributed by atoms with Crippen LogP contribution in [0.1, 0.15) is 22.8 Å². The lowest BCUT2D eigenvalue weighted by atomic mass is 10.1.